The summed E-state index contributed by atoms with van der Waals surface area (Å²) in [4.78, 5) is 38.9. The fourth-order valence-electron chi connectivity index (χ4n) is 3.31. The quantitative estimate of drug-likeness (QED) is 0.752. The molecule has 2 amide bonds. The third kappa shape index (κ3) is 3.17. The fraction of sp³-hybridized carbons (Fsp3) is 0.211. The standard InChI is InChI=1S/C19H18N6O2/c20-16(26)15-14-7-10-24(19(27)17-21-8-4-9-22-17)11-12-25(14)18(23-15)13-5-2-1-3-6-13/h1-6,8-9H,7,10-12H2,(H2,20,26). The van der Waals surface area contributed by atoms with E-state index in [2.05, 4.69) is 15.0 Å². The van der Waals surface area contributed by atoms with Gasteiger partial charge in [0, 0.05) is 44.0 Å². The number of primary amides is 1. The molecular weight excluding hydrogens is 344 g/mol. The Hall–Kier alpha value is -3.55. The monoisotopic (exact) mass is 362 g/mol. The summed E-state index contributed by atoms with van der Waals surface area (Å²) >= 11 is 0. The lowest BCUT2D eigenvalue weighted by atomic mass is 10.2. The summed E-state index contributed by atoms with van der Waals surface area (Å²) in [7, 11) is 0. The highest BCUT2D eigenvalue weighted by molar-refractivity contribution is 5.93. The Kier molecular flexibility index (Phi) is 4.37. The lowest BCUT2D eigenvalue weighted by Gasteiger charge is -2.19. The predicted octanol–water partition coefficient (Wildman–Crippen LogP) is 1.14. The minimum absolute atomic E-state index is 0.167. The highest BCUT2D eigenvalue weighted by Crippen LogP contribution is 2.25. The molecule has 2 aromatic heterocycles. The number of rotatable bonds is 3. The van der Waals surface area contributed by atoms with E-state index >= 15 is 0 Å². The molecule has 1 aliphatic rings. The van der Waals surface area contributed by atoms with Crippen molar-refractivity contribution < 1.29 is 9.59 Å². The minimum Gasteiger partial charge on any atom is -0.364 e. The smallest absolute Gasteiger partial charge is 0.291 e. The molecule has 3 aromatic rings. The number of imidazole rings is 1. The SMILES string of the molecule is NC(=O)c1nc(-c2ccccc2)n2c1CCN(C(=O)c1ncccn1)CC2. The molecule has 0 fully saturated rings. The van der Waals surface area contributed by atoms with Crippen molar-refractivity contribution >= 4 is 11.8 Å². The Balaban J connectivity index is 1.68. The van der Waals surface area contributed by atoms with E-state index in [1.165, 1.54) is 0 Å². The van der Waals surface area contributed by atoms with Gasteiger partial charge in [0.2, 0.25) is 5.82 Å². The maximum atomic E-state index is 12.7. The third-order valence-electron chi connectivity index (χ3n) is 4.59. The molecule has 136 valence electrons. The molecule has 1 aromatic carbocycles. The normalized spacial score (nSPS) is 13.7. The Morgan fingerprint density at radius 2 is 1.70 bits per heavy atom. The number of carbonyl (C=O) groups excluding carboxylic acids is 2. The van der Waals surface area contributed by atoms with Crippen molar-refractivity contribution in [1.82, 2.24) is 24.4 Å². The zero-order valence-corrected chi connectivity index (χ0v) is 14.6. The average molecular weight is 362 g/mol. The van der Waals surface area contributed by atoms with Crippen LogP contribution in [-0.4, -0.2) is 49.3 Å². The van der Waals surface area contributed by atoms with Crippen molar-refractivity contribution in [3.63, 3.8) is 0 Å². The number of carbonyl (C=O) groups is 2. The number of fused-ring (bicyclic) bond motifs is 1. The number of amides is 2. The van der Waals surface area contributed by atoms with E-state index in [0.29, 0.717) is 31.9 Å². The van der Waals surface area contributed by atoms with Gasteiger partial charge in [-0.1, -0.05) is 30.3 Å². The van der Waals surface area contributed by atoms with Crippen molar-refractivity contribution in [2.24, 2.45) is 5.73 Å². The molecule has 0 bridgehead atoms. The number of hydrogen-bond donors (Lipinski definition) is 1. The van der Waals surface area contributed by atoms with E-state index in [1.807, 2.05) is 34.9 Å². The third-order valence-corrected chi connectivity index (χ3v) is 4.59. The van der Waals surface area contributed by atoms with Crippen LogP contribution in [-0.2, 0) is 13.0 Å². The van der Waals surface area contributed by atoms with E-state index in [9.17, 15) is 9.59 Å². The van der Waals surface area contributed by atoms with Crippen LogP contribution < -0.4 is 5.73 Å². The molecule has 0 saturated heterocycles. The lowest BCUT2D eigenvalue weighted by molar-refractivity contribution is 0.0746. The Bertz CT molecular complexity index is 984. The molecule has 1 aliphatic heterocycles. The van der Waals surface area contributed by atoms with Crippen molar-refractivity contribution in [2.75, 3.05) is 13.1 Å². The molecule has 2 N–H and O–H groups in total. The van der Waals surface area contributed by atoms with Crippen LogP contribution in [0.2, 0.25) is 0 Å². The molecule has 27 heavy (non-hydrogen) atoms. The van der Waals surface area contributed by atoms with Gasteiger partial charge in [0.15, 0.2) is 0 Å². The predicted molar refractivity (Wildman–Crippen MR) is 97.8 cm³/mol. The molecule has 3 heterocycles. The van der Waals surface area contributed by atoms with Crippen molar-refractivity contribution in [2.45, 2.75) is 13.0 Å². The maximum absolute atomic E-state index is 12.7. The number of aromatic nitrogens is 4. The zero-order chi connectivity index (χ0) is 18.8. The van der Waals surface area contributed by atoms with Crippen LogP contribution in [0.15, 0.2) is 48.8 Å². The van der Waals surface area contributed by atoms with Gasteiger partial charge >= 0.3 is 0 Å². The number of nitrogens with zero attached hydrogens (tertiary/aromatic N) is 5. The molecule has 0 saturated carbocycles. The van der Waals surface area contributed by atoms with Crippen molar-refractivity contribution in [3.05, 3.63) is 66.0 Å². The molecule has 8 heteroatoms. The van der Waals surface area contributed by atoms with Crippen LogP contribution >= 0.6 is 0 Å². The van der Waals surface area contributed by atoms with Gasteiger partial charge in [0.05, 0.1) is 5.69 Å². The first kappa shape index (κ1) is 16.9. The van der Waals surface area contributed by atoms with Gasteiger partial charge in [-0.05, 0) is 6.07 Å². The zero-order valence-electron chi connectivity index (χ0n) is 14.6. The number of benzene rings is 1. The molecule has 4 rings (SSSR count). The number of hydrogen-bond acceptors (Lipinski definition) is 5. The van der Waals surface area contributed by atoms with E-state index in [0.717, 1.165) is 11.3 Å². The largest absolute Gasteiger partial charge is 0.364 e. The van der Waals surface area contributed by atoms with Crippen LogP contribution in [0.25, 0.3) is 11.4 Å². The second kappa shape index (κ2) is 6.99. The van der Waals surface area contributed by atoms with Crippen LogP contribution in [0.1, 0.15) is 26.8 Å². The lowest BCUT2D eigenvalue weighted by Crippen LogP contribution is -2.34. The second-order valence-electron chi connectivity index (χ2n) is 6.23. The van der Waals surface area contributed by atoms with Gasteiger partial charge in [-0.15, -0.1) is 0 Å². The van der Waals surface area contributed by atoms with Gasteiger partial charge in [-0.3, -0.25) is 9.59 Å². The second-order valence-corrected chi connectivity index (χ2v) is 6.23. The fourth-order valence-corrected chi connectivity index (χ4v) is 3.31. The summed E-state index contributed by atoms with van der Waals surface area (Å²) in [5.41, 5.74) is 7.47. The average Bonchev–Trinajstić information content (AvgIpc) is 2.94. The van der Waals surface area contributed by atoms with E-state index < -0.39 is 5.91 Å². The van der Waals surface area contributed by atoms with Crippen molar-refractivity contribution in [1.29, 1.82) is 0 Å². The minimum atomic E-state index is -0.563. The molecule has 0 spiro atoms. The summed E-state index contributed by atoms with van der Waals surface area (Å²) in [5, 5.41) is 0. The van der Waals surface area contributed by atoms with E-state index in [1.54, 1.807) is 23.4 Å². The first-order chi connectivity index (χ1) is 13.1. The Morgan fingerprint density at radius 3 is 2.41 bits per heavy atom. The van der Waals surface area contributed by atoms with Gasteiger partial charge < -0.3 is 15.2 Å². The molecule has 0 unspecified atom stereocenters. The van der Waals surface area contributed by atoms with Gasteiger partial charge in [-0.25, -0.2) is 15.0 Å². The Morgan fingerprint density at radius 1 is 0.963 bits per heavy atom. The Labute approximate surface area is 155 Å². The molecule has 8 nitrogen and oxygen atoms in total. The van der Waals surface area contributed by atoms with Crippen LogP contribution in [0.4, 0.5) is 0 Å². The summed E-state index contributed by atoms with van der Waals surface area (Å²) in [6.07, 6.45) is 3.57. The molecule has 0 aliphatic carbocycles. The van der Waals surface area contributed by atoms with Gasteiger partial charge in [-0.2, -0.15) is 0 Å². The summed E-state index contributed by atoms with van der Waals surface area (Å²) in [6, 6.07) is 11.3. The molecule has 0 radical (unpaired) electrons. The van der Waals surface area contributed by atoms with Crippen LogP contribution in [0.3, 0.4) is 0 Å². The van der Waals surface area contributed by atoms with Gasteiger partial charge in [0.1, 0.15) is 11.5 Å². The molecule has 0 atom stereocenters. The van der Waals surface area contributed by atoms with Crippen molar-refractivity contribution in [3.8, 4) is 11.4 Å². The van der Waals surface area contributed by atoms with Crippen LogP contribution in [0.5, 0.6) is 0 Å². The topological polar surface area (TPSA) is 107 Å². The highest BCUT2D eigenvalue weighted by atomic mass is 16.2. The summed E-state index contributed by atoms with van der Waals surface area (Å²) < 4.78 is 1.98. The maximum Gasteiger partial charge on any atom is 0.291 e. The first-order valence-electron chi connectivity index (χ1n) is 8.66. The number of nitrogens with two attached hydrogens (primary N) is 1. The van der Waals surface area contributed by atoms with E-state index in [4.69, 9.17) is 5.73 Å². The molecular formula is C19H18N6O2. The first-order valence-corrected chi connectivity index (χ1v) is 8.66. The van der Waals surface area contributed by atoms with E-state index in [-0.39, 0.29) is 17.4 Å². The van der Waals surface area contributed by atoms with Crippen LogP contribution in [0, 0.1) is 0 Å². The highest BCUT2D eigenvalue weighted by Gasteiger charge is 2.27. The van der Waals surface area contributed by atoms with Gasteiger partial charge in [0.25, 0.3) is 11.8 Å². The summed E-state index contributed by atoms with van der Waals surface area (Å²) in [5.74, 6) is 0.0635. The summed E-state index contributed by atoms with van der Waals surface area (Å²) in [6.45, 7) is 1.42.